The Kier molecular flexibility index (Phi) is 13.0. The lowest BCUT2D eigenvalue weighted by Gasteiger charge is -2.11. The van der Waals surface area contributed by atoms with E-state index in [1.165, 1.54) is 24.3 Å². The van der Waals surface area contributed by atoms with Crippen molar-refractivity contribution in [2.45, 2.75) is 13.8 Å². The van der Waals surface area contributed by atoms with E-state index in [1.54, 1.807) is 33.3 Å². The van der Waals surface area contributed by atoms with Gasteiger partial charge in [-0.1, -0.05) is 48.5 Å². The number of fused-ring (bicyclic) bond motifs is 2. The molecule has 4 aromatic heterocycles. The lowest BCUT2D eigenvalue weighted by Crippen LogP contribution is -2.14. The first-order valence-corrected chi connectivity index (χ1v) is 21.1. The molecular weight excluding hydrogens is 841 g/mol. The normalized spacial score (nSPS) is 11.2. The molecule has 0 unspecified atom stereocenters. The van der Waals surface area contributed by atoms with Crippen LogP contribution in [0.15, 0.2) is 134 Å². The fraction of sp³-hybridized carbons (Fsp3) is 0.154. The smallest absolute Gasteiger partial charge is 0.338 e. The van der Waals surface area contributed by atoms with Crippen LogP contribution in [-0.4, -0.2) is 82.2 Å². The first-order valence-electron chi connectivity index (χ1n) is 21.1. The first kappa shape index (κ1) is 44.4. The van der Waals surface area contributed by atoms with Gasteiger partial charge in [-0.3, -0.25) is 9.59 Å². The molecule has 8 aromatic rings. The number of aromatic nitrogens is 2. The molecule has 14 nitrogen and oxygen atoms in total. The third kappa shape index (κ3) is 8.70. The highest BCUT2D eigenvalue weighted by molar-refractivity contribution is 6.18. The summed E-state index contributed by atoms with van der Waals surface area (Å²) < 4.78 is 27.1. The Balaban J connectivity index is 0.833. The number of carboxylic acid groups (broad SMARTS) is 2. The molecule has 0 saturated heterocycles. The van der Waals surface area contributed by atoms with E-state index in [4.69, 9.17) is 30.4 Å². The van der Waals surface area contributed by atoms with Gasteiger partial charge in [-0.15, -0.1) is 0 Å². The molecule has 4 heterocycles. The number of ketones is 2. The Bertz CT molecular complexity index is 2960. The Morgan fingerprint density at radius 1 is 0.500 bits per heavy atom. The SMILES string of the molecule is Cc1c(-c2cccc(OCCOCCOCCOc3cccc(-c4c(C)c(C(=O)c5cccc(N)c5C(=O)O)n5ccccc45)c3)c2)c2ccccn2c1C(=O)c1cccc(N)c1C(=O)O. The highest BCUT2D eigenvalue weighted by Crippen LogP contribution is 2.38. The van der Waals surface area contributed by atoms with E-state index in [0.717, 1.165) is 33.3 Å². The Labute approximate surface area is 379 Å². The zero-order chi connectivity index (χ0) is 46.5. The maximum absolute atomic E-state index is 14.0. The van der Waals surface area contributed by atoms with Crippen LogP contribution in [-0.2, 0) is 9.47 Å². The summed E-state index contributed by atoms with van der Waals surface area (Å²) in [6.07, 6.45) is 3.56. The molecule has 8 rings (SSSR count). The monoisotopic (exact) mass is 886 g/mol. The van der Waals surface area contributed by atoms with Crippen LogP contribution in [0.25, 0.3) is 33.3 Å². The van der Waals surface area contributed by atoms with Crippen molar-refractivity contribution in [2.24, 2.45) is 0 Å². The maximum atomic E-state index is 14.0. The van der Waals surface area contributed by atoms with E-state index in [-0.39, 0.29) is 46.8 Å². The van der Waals surface area contributed by atoms with Crippen LogP contribution >= 0.6 is 0 Å². The van der Waals surface area contributed by atoms with Gasteiger partial charge in [0.1, 0.15) is 24.7 Å². The molecule has 0 atom stereocenters. The summed E-state index contributed by atoms with van der Waals surface area (Å²) in [5, 5.41) is 19.7. The van der Waals surface area contributed by atoms with Crippen LogP contribution in [0.1, 0.15) is 63.9 Å². The predicted molar refractivity (Wildman–Crippen MR) is 250 cm³/mol. The Morgan fingerprint density at radius 3 is 1.30 bits per heavy atom. The van der Waals surface area contributed by atoms with Crippen molar-refractivity contribution in [1.29, 1.82) is 0 Å². The number of aromatic carboxylic acids is 2. The molecule has 0 bridgehead atoms. The van der Waals surface area contributed by atoms with Gasteiger partial charge in [-0.25, -0.2) is 9.59 Å². The third-order valence-electron chi connectivity index (χ3n) is 11.3. The minimum atomic E-state index is -1.27. The molecule has 0 amide bonds. The minimum Gasteiger partial charge on any atom is -0.491 e. The summed E-state index contributed by atoms with van der Waals surface area (Å²) in [4.78, 5) is 52.1. The van der Waals surface area contributed by atoms with Crippen LogP contribution in [0, 0.1) is 13.8 Å². The number of nitrogens with zero attached hydrogens (tertiary/aromatic N) is 2. The number of nitrogens with two attached hydrogens (primary N) is 2. The fourth-order valence-corrected chi connectivity index (χ4v) is 8.45. The number of ether oxygens (including phenoxy) is 4. The topological polar surface area (TPSA) is 207 Å². The Morgan fingerprint density at radius 2 is 0.894 bits per heavy atom. The third-order valence-corrected chi connectivity index (χ3v) is 11.3. The van der Waals surface area contributed by atoms with Gasteiger partial charge in [0.2, 0.25) is 11.6 Å². The molecule has 6 N–H and O–H groups in total. The number of hydrogen-bond donors (Lipinski definition) is 4. The molecule has 0 aliphatic carbocycles. The van der Waals surface area contributed by atoms with Gasteiger partial charge in [0.25, 0.3) is 0 Å². The lowest BCUT2D eigenvalue weighted by molar-refractivity contribution is 0.0274. The molecule has 334 valence electrons. The number of benzene rings is 4. The lowest BCUT2D eigenvalue weighted by atomic mass is 9.96. The fourth-order valence-electron chi connectivity index (χ4n) is 8.45. The zero-order valence-electron chi connectivity index (χ0n) is 36.2. The standard InChI is InChI=1S/C52H46N4O10/c1-31-43(41-19-3-5-21-55(41)47(31)49(57)37-15-9-17-39(53)45(37)51(59)60)33-11-7-13-35(29-33)65-27-25-63-23-24-64-26-28-66-36-14-8-12-34(30-36)44-32(2)48(56-22-6-4-20-42(44)56)50(58)38-16-10-18-40(54)46(38)52(61)62/h3-22,29-30H,23-28,53-54H2,1-2H3,(H,59,60)(H,61,62). The first-order chi connectivity index (χ1) is 32.0. The molecule has 0 saturated carbocycles. The molecule has 4 aromatic carbocycles. The number of hydrogen-bond acceptors (Lipinski definition) is 10. The molecule has 0 aliphatic heterocycles. The van der Waals surface area contributed by atoms with Gasteiger partial charge in [0.05, 0.1) is 60.0 Å². The second kappa shape index (κ2) is 19.3. The average molecular weight is 887 g/mol. The van der Waals surface area contributed by atoms with Crippen LogP contribution in [0.2, 0.25) is 0 Å². The number of nitrogen functional groups attached to an aromatic ring is 2. The molecule has 0 radical (unpaired) electrons. The second-order valence-corrected chi connectivity index (χ2v) is 15.4. The molecular formula is C52H46N4O10. The predicted octanol–water partition coefficient (Wildman–Crippen LogP) is 8.66. The summed E-state index contributed by atoms with van der Waals surface area (Å²) in [7, 11) is 0. The number of carboxylic acids is 2. The van der Waals surface area contributed by atoms with Crippen molar-refractivity contribution in [3.8, 4) is 33.8 Å². The van der Waals surface area contributed by atoms with E-state index in [2.05, 4.69) is 0 Å². The van der Waals surface area contributed by atoms with Gasteiger partial charge >= 0.3 is 11.9 Å². The van der Waals surface area contributed by atoms with Crippen LogP contribution in [0.5, 0.6) is 11.5 Å². The van der Waals surface area contributed by atoms with E-state index < -0.39 is 23.5 Å². The largest absolute Gasteiger partial charge is 0.491 e. The van der Waals surface area contributed by atoms with Crippen LogP contribution in [0.4, 0.5) is 11.4 Å². The van der Waals surface area contributed by atoms with Crippen molar-refractivity contribution in [1.82, 2.24) is 8.80 Å². The van der Waals surface area contributed by atoms with Gasteiger partial charge in [0, 0.05) is 46.0 Å². The van der Waals surface area contributed by atoms with Gasteiger partial charge < -0.3 is 49.4 Å². The van der Waals surface area contributed by atoms with Gasteiger partial charge in [-0.05, 0) is 109 Å². The number of anilines is 2. The summed E-state index contributed by atoms with van der Waals surface area (Å²) in [5.74, 6) is -2.21. The maximum Gasteiger partial charge on any atom is 0.338 e. The summed E-state index contributed by atoms with van der Waals surface area (Å²) in [6.45, 7) is 5.57. The van der Waals surface area contributed by atoms with Crippen molar-refractivity contribution in [2.75, 3.05) is 51.1 Å². The van der Waals surface area contributed by atoms with Crippen LogP contribution in [0.3, 0.4) is 0 Å². The molecule has 66 heavy (non-hydrogen) atoms. The van der Waals surface area contributed by atoms with Crippen molar-refractivity contribution in [3.63, 3.8) is 0 Å². The van der Waals surface area contributed by atoms with Crippen molar-refractivity contribution in [3.05, 3.63) is 178 Å². The van der Waals surface area contributed by atoms with Gasteiger partial charge in [-0.2, -0.15) is 0 Å². The highest BCUT2D eigenvalue weighted by atomic mass is 16.6. The van der Waals surface area contributed by atoms with Crippen molar-refractivity contribution < 1.29 is 48.3 Å². The molecule has 0 aliphatic rings. The number of carbonyl (C=O) groups is 4. The van der Waals surface area contributed by atoms with E-state index in [1.807, 2.05) is 98.8 Å². The average Bonchev–Trinajstić information content (AvgIpc) is 3.78. The molecule has 0 fully saturated rings. The number of carbonyl (C=O) groups excluding carboxylic acids is 2. The second-order valence-electron chi connectivity index (χ2n) is 15.4. The Hall–Kier alpha value is -8.20. The highest BCUT2D eigenvalue weighted by Gasteiger charge is 2.29. The van der Waals surface area contributed by atoms with Crippen molar-refractivity contribution >= 4 is 45.9 Å². The van der Waals surface area contributed by atoms with E-state index >= 15 is 0 Å². The number of pyridine rings is 2. The number of rotatable bonds is 19. The molecule has 14 heteroatoms. The molecule has 0 spiro atoms. The van der Waals surface area contributed by atoms with Crippen LogP contribution < -0.4 is 20.9 Å². The quantitative estimate of drug-likeness (QED) is 0.0342. The summed E-state index contributed by atoms with van der Waals surface area (Å²) in [5.41, 5.74) is 18.4. The summed E-state index contributed by atoms with van der Waals surface area (Å²) >= 11 is 0. The van der Waals surface area contributed by atoms with E-state index in [0.29, 0.717) is 60.4 Å². The van der Waals surface area contributed by atoms with Gasteiger partial charge in [0.15, 0.2) is 0 Å². The van der Waals surface area contributed by atoms with E-state index in [9.17, 15) is 29.4 Å². The summed E-state index contributed by atoms with van der Waals surface area (Å²) in [6, 6.07) is 35.3. The minimum absolute atomic E-state index is 0.0142. The zero-order valence-corrected chi connectivity index (χ0v) is 36.2.